The Bertz CT molecular complexity index is 680. The fourth-order valence-electron chi connectivity index (χ4n) is 3.87. The number of nitrogens with zero attached hydrogens (tertiary/aromatic N) is 1. The van der Waals surface area contributed by atoms with Gasteiger partial charge in [0.2, 0.25) is 5.76 Å². The lowest BCUT2D eigenvalue weighted by Gasteiger charge is -2.35. The van der Waals surface area contributed by atoms with Crippen LogP contribution in [-0.4, -0.2) is 36.1 Å². The fraction of sp³-hybridized carbons (Fsp3) is 0.421. The molecule has 2 aromatic rings. The number of hydrogen-bond acceptors (Lipinski definition) is 4. The first-order valence-electron chi connectivity index (χ1n) is 8.29. The Morgan fingerprint density at radius 1 is 1.09 bits per heavy atom. The van der Waals surface area contributed by atoms with Gasteiger partial charge >= 0.3 is 5.97 Å². The zero-order chi connectivity index (χ0) is 15.8. The molecule has 1 aromatic heterocycles. The maximum absolute atomic E-state index is 12.3. The Morgan fingerprint density at radius 2 is 1.78 bits per heavy atom. The monoisotopic (exact) mass is 311 g/mol. The standard InChI is InChI=1S/C19H21NO3/c1-20-14-7-8-15(20)12-16(11-14)22-19(21)18-10-9-17(23-18)13-5-3-2-4-6-13/h2-6,9-10,14-16H,7-8,11-12H2,1H3/t14-,15-/m0/s1. The summed E-state index contributed by atoms with van der Waals surface area (Å²) in [6.45, 7) is 0. The van der Waals surface area contributed by atoms with Crippen molar-refractivity contribution in [2.24, 2.45) is 0 Å². The van der Waals surface area contributed by atoms with E-state index in [-0.39, 0.29) is 17.8 Å². The van der Waals surface area contributed by atoms with Crippen LogP contribution in [0.2, 0.25) is 0 Å². The molecule has 1 aromatic carbocycles. The molecule has 2 fully saturated rings. The summed E-state index contributed by atoms with van der Waals surface area (Å²) in [4.78, 5) is 14.8. The summed E-state index contributed by atoms with van der Waals surface area (Å²) in [7, 11) is 2.18. The second-order valence-corrected chi connectivity index (χ2v) is 6.58. The molecular formula is C19H21NO3. The normalized spacial score (nSPS) is 27.1. The van der Waals surface area contributed by atoms with Crippen molar-refractivity contribution in [1.82, 2.24) is 4.90 Å². The van der Waals surface area contributed by atoms with E-state index in [2.05, 4.69) is 11.9 Å². The lowest BCUT2D eigenvalue weighted by molar-refractivity contribution is -0.00305. The van der Waals surface area contributed by atoms with E-state index < -0.39 is 0 Å². The maximum Gasteiger partial charge on any atom is 0.374 e. The summed E-state index contributed by atoms with van der Waals surface area (Å²) in [6.07, 6.45) is 4.32. The number of piperidine rings is 1. The average Bonchev–Trinajstić information content (AvgIpc) is 3.12. The molecule has 120 valence electrons. The molecule has 0 spiro atoms. The van der Waals surface area contributed by atoms with Crippen molar-refractivity contribution in [2.75, 3.05) is 7.05 Å². The van der Waals surface area contributed by atoms with Crippen LogP contribution in [0.1, 0.15) is 36.2 Å². The van der Waals surface area contributed by atoms with Gasteiger partial charge in [0.05, 0.1) is 0 Å². The van der Waals surface area contributed by atoms with Crippen molar-refractivity contribution < 1.29 is 13.9 Å². The minimum atomic E-state index is -0.346. The predicted molar refractivity (Wildman–Crippen MR) is 87.2 cm³/mol. The third-order valence-corrected chi connectivity index (χ3v) is 5.19. The molecule has 2 aliphatic heterocycles. The van der Waals surface area contributed by atoms with Crippen LogP contribution in [0, 0.1) is 0 Å². The molecule has 4 nitrogen and oxygen atoms in total. The zero-order valence-electron chi connectivity index (χ0n) is 13.3. The summed E-state index contributed by atoms with van der Waals surface area (Å²) in [5.74, 6) is 0.636. The molecule has 2 bridgehead atoms. The predicted octanol–water partition coefficient (Wildman–Crippen LogP) is 3.73. The van der Waals surface area contributed by atoms with Crippen LogP contribution in [0.3, 0.4) is 0 Å². The van der Waals surface area contributed by atoms with Gasteiger partial charge in [0.25, 0.3) is 0 Å². The molecule has 2 atom stereocenters. The molecule has 0 N–H and O–H groups in total. The summed E-state index contributed by atoms with van der Waals surface area (Å²) < 4.78 is 11.4. The molecule has 3 heterocycles. The number of esters is 1. The first kappa shape index (κ1) is 14.5. The van der Waals surface area contributed by atoms with Crippen molar-refractivity contribution in [1.29, 1.82) is 0 Å². The Morgan fingerprint density at radius 3 is 2.48 bits per heavy atom. The second kappa shape index (κ2) is 5.85. The van der Waals surface area contributed by atoms with Gasteiger partial charge in [0, 0.05) is 30.5 Å². The van der Waals surface area contributed by atoms with Crippen molar-refractivity contribution in [3.05, 3.63) is 48.2 Å². The number of fused-ring (bicyclic) bond motifs is 2. The number of ether oxygens (including phenoxy) is 1. The van der Waals surface area contributed by atoms with Gasteiger partial charge in [0.15, 0.2) is 0 Å². The van der Waals surface area contributed by atoms with Crippen molar-refractivity contribution in [2.45, 2.75) is 43.9 Å². The Hall–Kier alpha value is -2.07. The van der Waals surface area contributed by atoms with E-state index >= 15 is 0 Å². The van der Waals surface area contributed by atoms with Crippen LogP contribution in [0.4, 0.5) is 0 Å². The van der Waals surface area contributed by atoms with Crippen LogP contribution in [0.15, 0.2) is 46.9 Å². The SMILES string of the molecule is CN1[C@H]2CC[C@H]1CC(OC(=O)c1ccc(-c3ccccc3)o1)C2. The van der Waals surface area contributed by atoms with Gasteiger partial charge in [-0.2, -0.15) is 0 Å². The van der Waals surface area contributed by atoms with Gasteiger partial charge < -0.3 is 14.1 Å². The molecule has 0 aliphatic carbocycles. The first-order chi connectivity index (χ1) is 11.2. The Kier molecular flexibility index (Phi) is 3.69. The number of carbonyl (C=O) groups excluding carboxylic acids is 1. The quantitative estimate of drug-likeness (QED) is 0.810. The van der Waals surface area contributed by atoms with Gasteiger partial charge in [0.1, 0.15) is 11.9 Å². The maximum atomic E-state index is 12.3. The van der Waals surface area contributed by atoms with Gasteiger partial charge in [-0.15, -0.1) is 0 Å². The Labute approximate surface area is 136 Å². The zero-order valence-corrected chi connectivity index (χ0v) is 13.3. The smallest absolute Gasteiger partial charge is 0.374 e. The summed E-state index contributed by atoms with van der Waals surface area (Å²) in [5, 5.41) is 0. The highest BCUT2D eigenvalue weighted by Crippen LogP contribution is 2.35. The molecule has 0 radical (unpaired) electrons. The lowest BCUT2D eigenvalue weighted by Crippen LogP contribution is -2.43. The average molecular weight is 311 g/mol. The van der Waals surface area contributed by atoms with Gasteiger partial charge in [-0.05, 0) is 32.0 Å². The molecule has 2 saturated heterocycles. The van der Waals surface area contributed by atoms with E-state index in [0.29, 0.717) is 17.8 Å². The minimum absolute atomic E-state index is 0.0153. The van der Waals surface area contributed by atoms with Crippen LogP contribution in [0.5, 0.6) is 0 Å². The first-order valence-corrected chi connectivity index (χ1v) is 8.29. The van der Waals surface area contributed by atoms with Gasteiger partial charge in [-0.3, -0.25) is 0 Å². The summed E-state index contributed by atoms with van der Waals surface area (Å²) in [6, 6.07) is 14.4. The molecule has 0 amide bonds. The molecule has 0 saturated carbocycles. The minimum Gasteiger partial charge on any atom is -0.456 e. The van der Waals surface area contributed by atoms with Gasteiger partial charge in [-0.25, -0.2) is 4.79 Å². The fourth-order valence-corrected chi connectivity index (χ4v) is 3.87. The van der Waals surface area contributed by atoms with Crippen LogP contribution in [0.25, 0.3) is 11.3 Å². The number of benzene rings is 1. The van der Waals surface area contributed by atoms with E-state index in [1.54, 1.807) is 6.07 Å². The highest BCUT2D eigenvalue weighted by Gasteiger charge is 2.40. The van der Waals surface area contributed by atoms with Gasteiger partial charge in [-0.1, -0.05) is 30.3 Å². The summed E-state index contributed by atoms with van der Waals surface area (Å²) >= 11 is 0. The van der Waals surface area contributed by atoms with Crippen molar-refractivity contribution >= 4 is 5.97 Å². The number of furan rings is 1. The molecule has 4 heteroatoms. The highest BCUT2D eigenvalue weighted by molar-refractivity contribution is 5.87. The Balaban J connectivity index is 1.43. The number of rotatable bonds is 3. The largest absolute Gasteiger partial charge is 0.456 e. The van der Waals surface area contributed by atoms with E-state index in [9.17, 15) is 4.79 Å². The van der Waals surface area contributed by atoms with E-state index in [0.717, 1.165) is 18.4 Å². The summed E-state index contributed by atoms with van der Waals surface area (Å²) in [5.41, 5.74) is 0.962. The molecule has 2 aliphatic rings. The van der Waals surface area contributed by atoms with E-state index in [4.69, 9.17) is 9.15 Å². The van der Waals surface area contributed by atoms with Crippen LogP contribution >= 0.6 is 0 Å². The van der Waals surface area contributed by atoms with Crippen LogP contribution in [-0.2, 0) is 4.74 Å². The van der Waals surface area contributed by atoms with Crippen molar-refractivity contribution in [3.63, 3.8) is 0 Å². The lowest BCUT2D eigenvalue weighted by atomic mass is 10.0. The molecule has 4 rings (SSSR count). The second-order valence-electron chi connectivity index (χ2n) is 6.58. The topological polar surface area (TPSA) is 42.7 Å². The number of hydrogen-bond donors (Lipinski definition) is 0. The van der Waals surface area contributed by atoms with E-state index in [1.807, 2.05) is 36.4 Å². The highest BCUT2D eigenvalue weighted by atomic mass is 16.6. The third kappa shape index (κ3) is 2.79. The number of carbonyl (C=O) groups is 1. The van der Waals surface area contributed by atoms with E-state index in [1.165, 1.54) is 12.8 Å². The van der Waals surface area contributed by atoms with Crippen molar-refractivity contribution in [3.8, 4) is 11.3 Å². The van der Waals surface area contributed by atoms with Crippen LogP contribution < -0.4 is 0 Å². The third-order valence-electron chi connectivity index (χ3n) is 5.19. The molecule has 0 unspecified atom stereocenters. The molecule has 23 heavy (non-hydrogen) atoms. The molecular weight excluding hydrogens is 290 g/mol.